The number of hydrogen-bond acceptors (Lipinski definition) is 4. The van der Waals surface area contributed by atoms with Crippen molar-refractivity contribution in [2.75, 3.05) is 0 Å². The molecule has 2 heterocycles. The van der Waals surface area contributed by atoms with E-state index in [4.69, 9.17) is 0 Å². The minimum Gasteiger partial charge on any atom is -0.508 e. The van der Waals surface area contributed by atoms with Crippen LogP contribution in [0.25, 0.3) is 0 Å². The van der Waals surface area contributed by atoms with Crippen LogP contribution < -0.4 is 5.32 Å². The number of nitrogens with one attached hydrogen (secondary N) is 1. The molecule has 0 spiro atoms. The van der Waals surface area contributed by atoms with E-state index in [1.165, 1.54) is 48.8 Å². The van der Waals surface area contributed by atoms with Crippen molar-refractivity contribution in [2.24, 2.45) is 0 Å². The first kappa shape index (κ1) is 25.1. The molecule has 4 aromatic rings. The van der Waals surface area contributed by atoms with E-state index in [0.29, 0.717) is 16.8 Å². The van der Waals surface area contributed by atoms with Gasteiger partial charge >= 0.3 is 0 Å². The van der Waals surface area contributed by atoms with Crippen molar-refractivity contribution in [2.45, 2.75) is 37.9 Å². The number of phenolic OH excluding ortho intramolecular Hbond substituents is 1. The Morgan fingerprint density at radius 1 is 1.08 bits per heavy atom. The second-order valence-corrected chi connectivity index (χ2v) is 8.84. The van der Waals surface area contributed by atoms with Crippen LogP contribution in [0.4, 0.5) is 17.6 Å². The molecule has 0 saturated heterocycles. The van der Waals surface area contributed by atoms with Gasteiger partial charge in [0.15, 0.2) is 5.69 Å². The third-order valence-corrected chi connectivity index (χ3v) is 5.93. The molecule has 5 rings (SSSR count). The third kappa shape index (κ3) is 5.70. The number of amides is 1. The fourth-order valence-electron chi connectivity index (χ4n) is 3.96. The summed E-state index contributed by atoms with van der Waals surface area (Å²) in [4.78, 5) is 13.3. The molecule has 0 radical (unpaired) electrons. The number of hydrogen-bond donors (Lipinski definition) is 2. The van der Waals surface area contributed by atoms with Gasteiger partial charge in [-0.2, -0.15) is 10.2 Å². The number of benzene rings is 2. The number of phenols is 1. The molecule has 0 aliphatic heterocycles. The van der Waals surface area contributed by atoms with E-state index in [1.54, 1.807) is 4.68 Å². The van der Waals surface area contributed by atoms with Gasteiger partial charge in [-0.05, 0) is 54.7 Å². The molecule has 194 valence electrons. The van der Waals surface area contributed by atoms with Crippen LogP contribution in [0.3, 0.4) is 0 Å². The average Bonchev–Trinajstić information content (AvgIpc) is 3.48. The van der Waals surface area contributed by atoms with Gasteiger partial charge in [0, 0.05) is 17.8 Å². The van der Waals surface area contributed by atoms with Gasteiger partial charge in [0.1, 0.15) is 29.6 Å². The summed E-state index contributed by atoms with van der Waals surface area (Å²) in [5.74, 6) is 3.82. The topological polar surface area (TPSA) is 85.0 Å². The van der Waals surface area contributed by atoms with E-state index < -0.39 is 36.6 Å². The molecule has 1 aliphatic rings. The highest BCUT2D eigenvalue weighted by Crippen LogP contribution is 2.36. The van der Waals surface area contributed by atoms with Crippen LogP contribution in [0.2, 0.25) is 0 Å². The Hall–Kier alpha value is -4.59. The van der Waals surface area contributed by atoms with Crippen molar-refractivity contribution < 1.29 is 27.5 Å². The molecule has 1 atom stereocenters. The van der Waals surface area contributed by atoms with Crippen LogP contribution in [0.5, 0.6) is 5.75 Å². The molecule has 7 nitrogen and oxygen atoms in total. The summed E-state index contributed by atoms with van der Waals surface area (Å²) in [6.45, 7) is -0.540. The summed E-state index contributed by atoms with van der Waals surface area (Å²) in [5, 5.41) is 21.4. The third-order valence-electron chi connectivity index (χ3n) is 5.93. The number of aromatic hydroxyl groups is 1. The van der Waals surface area contributed by atoms with Gasteiger partial charge in [-0.1, -0.05) is 18.1 Å². The lowest BCUT2D eigenvalue weighted by Gasteiger charge is -2.20. The van der Waals surface area contributed by atoms with Crippen LogP contribution in [0, 0.1) is 23.5 Å². The molecule has 2 N–H and O–H groups in total. The molecule has 2 aromatic carbocycles. The van der Waals surface area contributed by atoms with E-state index in [-0.39, 0.29) is 23.0 Å². The Kier molecular flexibility index (Phi) is 6.87. The van der Waals surface area contributed by atoms with E-state index in [9.17, 15) is 27.5 Å². The molecule has 1 fully saturated rings. The molecule has 11 heteroatoms. The standard InChI is InChI=1S/C27H21F4N5O2/c28-18-4-2-17(3-5-18)26(22-11-19(29)6-10-24(22)37)33-27(38)23-12-21(36(34-23)20-8-9-20)7-1-16-13-32-35(14-16)15-25(30)31/h2-6,10-14,20,25-26,37H,8-9,15H2,(H,33,38). The number of nitrogens with zero attached hydrogens (tertiary/aromatic N) is 4. The van der Waals surface area contributed by atoms with Crippen molar-refractivity contribution in [3.05, 3.63) is 101 Å². The lowest BCUT2D eigenvalue weighted by Crippen LogP contribution is -2.30. The summed E-state index contributed by atoms with van der Waals surface area (Å²) in [7, 11) is 0. The molecule has 1 amide bonds. The number of rotatable bonds is 7. The van der Waals surface area contributed by atoms with Crippen molar-refractivity contribution in [3.63, 3.8) is 0 Å². The van der Waals surface area contributed by atoms with Crippen LogP contribution in [0.15, 0.2) is 60.9 Å². The van der Waals surface area contributed by atoms with Crippen LogP contribution in [-0.4, -0.2) is 37.0 Å². The van der Waals surface area contributed by atoms with E-state index in [1.807, 2.05) is 0 Å². The first-order chi connectivity index (χ1) is 18.3. The van der Waals surface area contributed by atoms with Gasteiger partial charge in [0.2, 0.25) is 0 Å². The van der Waals surface area contributed by atoms with Crippen molar-refractivity contribution in [1.82, 2.24) is 24.9 Å². The smallest absolute Gasteiger partial charge is 0.272 e. The molecule has 2 aromatic heterocycles. The SMILES string of the molecule is O=C(NC(c1ccc(F)cc1)c1cc(F)ccc1O)c1cc(C#Cc2cnn(CC(F)F)c2)n(C2CC2)n1. The summed E-state index contributed by atoms with van der Waals surface area (Å²) in [6.07, 6.45) is 1.96. The maximum atomic E-state index is 14.0. The van der Waals surface area contributed by atoms with Crippen molar-refractivity contribution in [3.8, 4) is 17.6 Å². The van der Waals surface area contributed by atoms with Gasteiger partial charge < -0.3 is 10.4 Å². The summed E-state index contributed by atoms with van der Waals surface area (Å²) >= 11 is 0. The molecule has 1 saturated carbocycles. The van der Waals surface area contributed by atoms with Gasteiger partial charge in [-0.25, -0.2) is 17.6 Å². The molecule has 1 aliphatic carbocycles. The molecule has 0 bridgehead atoms. The quantitative estimate of drug-likeness (QED) is 0.274. The van der Waals surface area contributed by atoms with Gasteiger partial charge in [0.05, 0.1) is 23.8 Å². The minimum atomic E-state index is -2.54. The zero-order chi connectivity index (χ0) is 26.8. The van der Waals surface area contributed by atoms with Gasteiger partial charge in [-0.15, -0.1) is 0 Å². The van der Waals surface area contributed by atoms with Gasteiger partial charge in [0.25, 0.3) is 12.3 Å². The van der Waals surface area contributed by atoms with E-state index >= 15 is 0 Å². The second kappa shape index (κ2) is 10.4. The highest BCUT2D eigenvalue weighted by Gasteiger charge is 2.29. The fourth-order valence-corrected chi connectivity index (χ4v) is 3.96. The monoisotopic (exact) mass is 523 g/mol. The number of aromatic nitrogens is 4. The summed E-state index contributed by atoms with van der Waals surface area (Å²) in [6, 6.07) is 9.18. The highest BCUT2D eigenvalue weighted by atomic mass is 19.3. The number of carbonyl (C=O) groups excluding carboxylic acids is 1. The highest BCUT2D eigenvalue weighted by molar-refractivity contribution is 5.93. The maximum absolute atomic E-state index is 14.0. The van der Waals surface area contributed by atoms with Crippen LogP contribution >= 0.6 is 0 Å². The number of alkyl halides is 2. The summed E-state index contributed by atoms with van der Waals surface area (Å²) in [5.41, 5.74) is 1.43. The van der Waals surface area contributed by atoms with Crippen LogP contribution in [0.1, 0.15) is 57.8 Å². The molecular formula is C27H21F4N5O2. The first-order valence-corrected chi connectivity index (χ1v) is 11.7. The van der Waals surface area contributed by atoms with E-state index in [0.717, 1.165) is 29.7 Å². The molecule has 38 heavy (non-hydrogen) atoms. The Morgan fingerprint density at radius 2 is 1.82 bits per heavy atom. The fraction of sp³-hybridized carbons (Fsp3) is 0.222. The van der Waals surface area contributed by atoms with Crippen LogP contribution in [-0.2, 0) is 6.54 Å². The van der Waals surface area contributed by atoms with Crippen molar-refractivity contribution >= 4 is 5.91 Å². The predicted octanol–water partition coefficient (Wildman–Crippen LogP) is 4.58. The number of carbonyl (C=O) groups is 1. The molecule has 1 unspecified atom stereocenters. The van der Waals surface area contributed by atoms with Crippen molar-refractivity contribution in [1.29, 1.82) is 0 Å². The Labute approximate surface area is 214 Å². The van der Waals surface area contributed by atoms with Gasteiger partial charge in [-0.3, -0.25) is 14.2 Å². The zero-order valence-corrected chi connectivity index (χ0v) is 19.8. The Bertz CT molecular complexity index is 1530. The largest absolute Gasteiger partial charge is 0.508 e. The summed E-state index contributed by atoms with van der Waals surface area (Å²) < 4.78 is 55.5. The first-order valence-electron chi connectivity index (χ1n) is 11.7. The second-order valence-electron chi connectivity index (χ2n) is 8.84. The minimum absolute atomic E-state index is 0.0394. The molecular weight excluding hydrogens is 502 g/mol. The Balaban J connectivity index is 1.44. The predicted molar refractivity (Wildman–Crippen MR) is 128 cm³/mol. The zero-order valence-electron chi connectivity index (χ0n) is 19.8. The lowest BCUT2D eigenvalue weighted by atomic mass is 9.97. The maximum Gasteiger partial charge on any atom is 0.272 e. The normalized spacial score (nSPS) is 13.7. The average molecular weight is 523 g/mol. The lowest BCUT2D eigenvalue weighted by molar-refractivity contribution is 0.0936. The Morgan fingerprint density at radius 3 is 2.53 bits per heavy atom. The van der Waals surface area contributed by atoms with E-state index in [2.05, 4.69) is 27.4 Å². The number of halogens is 4.